The SMILES string of the molecule is N#C[C@@H]1C[C@@H]2CNC(C(=O)O)[C@@H]2C1. The molecule has 1 heterocycles. The standard InChI is InChI=1S/C9H12N2O2/c10-3-5-1-6-4-11-8(9(12)13)7(6)2-5/h5-8,11H,1-2,4H2,(H,12,13)/t5-,6-,7-,8?/m1/s1. The van der Waals surface area contributed by atoms with Crippen LogP contribution in [0.15, 0.2) is 0 Å². The molecule has 4 atom stereocenters. The van der Waals surface area contributed by atoms with Crippen LogP contribution < -0.4 is 5.32 Å². The average molecular weight is 180 g/mol. The van der Waals surface area contributed by atoms with Gasteiger partial charge in [0.1, 0.15) is 6.04 Å². The number of carboxylic acid groups (broad SMARTS) is 1. The lowest BCUT2D eigenvalue weighted by molar-refractivity contribution is -0.140. The maximum Gasteiger partial charge on any atom is 0.320 e. The van der Waals surface area contributed by atoms with Crippen LogP contribution in [0, 0.1) is 29.1 Å². The number of nitrogens with one attached hydrogen (secondary N) is 1. The first-order chi connectivity index (χ1) is 6.22. The number of rotatable bonds is 1. The van der Waals surface area contributed by atoms with Gasteiger partial charge >= 0.3 is 5.97 Å². The Morgan fingerprint density at radius 2 is 2.31 bits per heavy atom. The molecule has 2 fully saturated rings. The van der Waals surface area contributed by atoms with Crippen molar-refractivity contribution in [3.63, 3.8) is 0 Å². The number of fused-ring (bicyclic) bond motifs is 1. The van der Waals surface area contributed by atoms with E-state index in [2.05, 4.69) is 11.4 Å². The van der Waals surface area contributed by atoms with Gasteiger partial charge in [0, 0.05) is 5.92 Å². The van der Waals surface area contributed by atoms with E-state index in [-0.39, 0.29) is 11.8 Å². The fourth-order valence-electron chi connectivity index (χ4n) is 2.61. The average Bonchev–Trinajstić information content (AvgIpc) is 2.59. The highest BCUT2D eigenvalue weighted by Crippen LogP contribution is 2.41. The van der Waals surface area contributed by atoms with Crippen LogP contribution in [0.2, 0.25) is 0 Å². The summed E-state index contributed by atoms with van der Waals surface area (Å²) in [7, 11) is 0. The maximum atomic E-state index is 10.8. The van der Waals surface area contributed by atoms with Crippen LogP contribution in [0.1, 0.15) is 12.8 Å². The predicted molar refractivity (Wildman–Crippen MR) is 44.7 cm³/mol. The smallest absolute Gasteiger partial charge is 0.320 e. The molecule has 0 bridgehead atoms. The second kappa shape index (κ2) is 3.00. The Labute approximate surface area is 76.5 Å². The molecule has 2 N–H and O–H groups in total. The van der Waals surface area contributed by atoms with Crippen molar-refractivity contribution in [1.29, 1.82) is 5.26 Å². The molecule has 1 aliphatic carbocycles. The summed E-state index contributed by atoms with van der Waals surface area (Å²) < 4.78 is 0. The number of hydrogen-bond acceptors (Lipinski definition) is 3. The highest BCUT2D eigenvalue weighted by Gasteiger charge is 2.46. The summed E-state index contributed by atoms with van der Waals surface area (Å²) in [6, 6.07) is 1.82. The van der Waals surface area contributed by atoms with Crippen LogP contribution >= 0.6 is 0 Å². The molecule has 13 heavy (non-hydrogen) atoms. The summed E-state index contributed by atoms with van der Waals surface area (Å²) in [4.78, 5) is 10.8. The first-order valence-electron chi connectivity index (χ1n) is 4.58. The minimum Gasteiger partial charge on any atom is -0.480 e. The second-order valence-electron chi connectivity index (χ2n) is 3.95. The van der Waals surface area contributed by atoms with E-state index >= 15 is 0 Å². The number of hydrogen-bond donors (Lipinski definition) is 2. The van der Waals surface area contributed by atoms with Gasteiger partial charge in [0.2, 0.25) is 0 Å². The van der Waals surface area contributed by atoms with Gasteiger partial charge in [0.25, 0.3) is 0 Å². The van der Waals surface area contributed by atoms with Gasteiger partial charge < -0.3 is 10.4 Å². The van der Waals surface area contributed by atoms with Crippen molar-refractivity contribution in [1.82, 2.24) is 5.32 Å². The molecule has 70 valence electrons. The van der Waals surface area contributed by atoms with E-state index in [1.165, 1.54) is 0 Å². The minimum atomic E-state index is -0.772. The molecule has 0 aromatic carbocycles. The Balaban J connectivity index is 2.08. The maximum absolute atomic E-state index is 10.8. The summed E-state index contributed by atoms with van der Waals surface area (Å²) in [5.41, 5.74) is 0. The third kappa shape index (κ3) is 1.29. The van der Waals surface area contributed by atoms with Crippen LogP contribution in [0.5, 0.6) is 0 Å². The molecule has 2 rings (SSSR count). The molecule has 1 saturated carbocycles. The molecule has 0 aromatic rings. The molecular formula is C9H12N2O2. The quantitative estimate of drug-likeness (QED) is 0.605. The molecule has 0 radical (unpaired) electrons. The van der Waals surface area contributed by atoms with E-state index < -0.39 is 12.0 Å². The summed E-state index contributed by atoms with van der Waals surface area (Å²) in [6.45, 7) is 0.764. The molecule has 1 unspecified atom stereocenters. The van der Waals surface area contributed by atoms with Crippen LogP contribution in [0.4, 0.5) is 0 Å². The monoisotopic (exact) mass is 180 g/mol. The number of carboxylic acids is 1. The molecule has 0 amide bonds. The normalized spacial score (nSPS) is 42.7. The van der Waals surface area contributed by atoms with E-state index in [0.717, 1.165) is 19.4 Å². The Hall–Kier alpha value is -1.08. The van der Waals surface area contributed by atoms with E-state index in [0.29, 0.717) is 5.92 Å². The molecule has 2 aliphatic rings. The van der Waals surface area contributed by atoms with Crippen LogP contribution in [-0.4, -0.2) is 23.7 Å². The van der Waals surface area contributed by atoms with E-state index in [1.54, 1.807) is 0 Å². The lowest BCUT2D eigenvalue weighted by Gasteiger charge is -2.12. The Morgan fingerprint density at radius 3 is 2.92 bits per heavy atom. The van der Waals surface area contributed by atoms with Crippen molar-refractivity contribution in [2.45, 2.75) is 18.9 Å². The molecule has 0 spiro atoms. The summed E-state index contributed by atoms with van der Waals surface area (Å²) in [6.07, 6.45) is 1.63. The van der Waals surface area contributed by atoms with Crippen LogP contribution in [-0.2, 0) is 4.79 Å². The summed E-state index contributed by atoms with van der Waals surface area (Å²) in [5.74, 6) is -0.0991. The van der Waals surface area contributed by atoms with Gasteiger partial charge in [-0.2, -0.15) is 5.26 Å². The van der Waals surface area contributed by atoms with E-state index in [9.17, 15) is 4.79 Å². The fraction of sp³-hybridized carbons (Fsp3) is 0.778. The topological polar surface area (TPSA) is 73.1 Å². The van der Waals surface area contributed by atoms with E-state index in [1.807, 2.05) is 0 Å². The van der Waals surface area contributed by atoms with Gasteiger partial charge in [-0.3, -0.25) is 4.79 Å². The molecule has 1 aliphatic heterocycles. The number of nitriles is 1. The van der Waals surface area contributed by atoms with Gasteiger partial charge in [-0.05, 0) is 31.2 Å². The zero-order valence-electron chi connectivity index (χ0n) is 7.23. The summed E-state index contributed by atoms with van der Waals surface area (Å²) in [5, 5.41) is 20.6. The largest absolute Gasteiger partial charge is 0.480 e. The van der Waals surface area contributed by atoms with Crippen molar-refractivity contribution in [3.05, 3.63) is 0 Å². The predicted octanol–water partition coefficient (Wildman–Crippen LogP) is 0.209. The molecule has 1 saturated heterocycles. The van der Waals surface area contributed by atoms with Gasteiger partial charge in [-0.25, -0.2) is 0 Å². The van der Waals surface area contributed by atoms with Gasteiger partial charge in [-0.15, -0.1) is 0 Å². The van der Waals surface area contributed by atoms with Crippen LogP contribution in [0.3, 0.4) is 0 Å². The molecule has 0 aromatic heterocycles. The third-order valence-electron chi connectivity index (χ3n) is 3.23. The highest BCUT2D eigenvalue weighted by atomic mass is 16.4. The fourth-order valence-corrected chi connectivity index (χ4v) is 2.61. The zero-order chi connectivity index (χ0) is 9.42. The van der Waals surface area contributed by atoms with Crippen molar-refractivity contribution in [3.8, 4) is 6.07 Å². The van der Waals surface area contributed by atoms with E-state index in [4.69, 9.17) is 10.4 Å². The lowest BCUT2D eigenvalue weighted by Crippen LogP contribution is -2.35. The summed E-state index contributed by atoms with van der Waals surface area (Å²) >= 11 is 0. The van der Waals surface area contributed by atoms with Crippen molar-refractivity contribution in [2.24, 2.45) is 17.8 Å². The van der Waals surface area contributed by atoms with Gasteiger partial charge in [-0.1, -0.05) is 0 Å². The second-order valence-corrected chi connectivity index (χ2v) is 3.95. The highest BCUT2D eigenvalue weighted by molar-refractivity contribution is 5.74. The Morgan fingerprint density at radius 1 is 1.54 bits per heavy atom. The zero-order valence-corrected chi connectivity index (χ0v) is 7.23. The minimum absolute atomic E-state index is 0.0824. The molecular weight excluding hydrogens is 168 g/mol. The Kier molecular flexibility index (Phi) is 1.97. The Bertz CT molecular complexity index is 271. The molecule has 4 heteroatoms. The lowest BCUT2D eigenvalue weighted by atomic mass is 9.94. The number of nitrogens with zero attached hydrogens (tertiary/aromatic N) is 1. The first kappa shape index (κ1) is 8.52. The van der Waals surface area contributed by atoms with Crippen molar-refractivity contribution >= 4 is 5.97 Å². The molecule has 4 nitrogen and oxygen atoms in total. The van der Waals surface area contributed by atoms with Crippen LogP contribution in [0.25, 0.3) is 0 Å². The third-order valence-corrected chi connectivity index (χ3v) is 3.23. The first-order valence-corrected chi connectivity index (χ1v) is 4.58. The van der Waals surface area contributed by atoms with Gasteiger partial charge in [0.05, 0.1) is 6.07 Å². The van der Waals surface area contributed by atoms with Crippen molar-refractivity contribution in [2.75, 3.05) is 6.54 Å². The number of carbonyl (C=O) groups is 1. The van der Waals surface area contributed by atoms with Crippen molar-refractivity contribution < 1.29 is 9.90 Å². The number of aliphatic carboxylic acids is 1. The van der Waals surface area contributed by atoms with Gasteiger partial charge in [0.15, 0.2) is 0 Å².